The average molecular weight is 305 g/mol. The van der Waals surface area contributed by atoms with Gasteiger partial charge in [-0.15, -0.1) is 0 Å². The highest BCUT2D eigenvalue weighted by atomic mass is 32.2. The predicted octanol–water partition coefficient (Wildman–Crippen LogP) is -0.433. The van der Waals surface area contributed by atoms with Crippen molar-refractivity contribution in [2.45, 2.75) is 24.1 Å². The maximum Gasteiger partial charge on any atom is 0.404 e. The SMILES string of the molecule is CS(=O)(=O)[C@H]1C[C@H]2CN(CCCNC(=O)O)C(=O)N2C1. The van der Waals surface area contributed by atoms with Crippen LogP contribution in [0.5, 0.6) is 0 Å². The van der Waals surface area contributed by atoms with Crippen LogP contribution in [0.3, 0.4) is 0 Å². The summed E-state index contributed by atoms with van der Waals surface area (Å²) in [5, 5.41) is 10.2. The fourth-order valence-corrected chi connectivity index (χ4v) is 3.76. The Bertz CT molecular complexity index is 506. The van der Waals surface area contributed by atoms with Crippen molar-refractivity contribution >= 4 is 22.0 Å². The number of nitrogens with zero attached hydrogens (tertiary/aromatic N) is 2. The summed E-state index contributed by atoms with van der Waals surface area (Å²) >= 11 is 0. The second kappa shape index (κ2) is 5.47. The van der Waals surface area contributed by atoms with E-state index >= 15 is 0 Å². The van der Waals surface area contributed by atoms with Crippen LogP contribution in [0.25, 0.3) is 0 Å². The molecule has 2 N–H and O–H groups in total. The van der Waals surface area contributed by atoms with E-state index in [1.165, 1.54) is 6.26 Å². The summed E-state index contributed by atoms with van der Waals surface area (Å²) in [6.07, 6.45) is 1.18. The minimum atomic E-state index is -3.10. The van der Waals surface area contributed by atoms with Crippen molar-refractivity contribution in [3.63, 3.8) is 0 Å². The van der Waals surface area contributed by atoms with E-state index in [0.29, 0.717) is 32.5 Å². The number of fused-ring (bicyclic) bond motifs is 1. The maximum absolute atomic E-state index is 12.1. The fourth-order valence-electron chi connectivity index (χ4n) is 2.76. The predicted molar refractivity (Wildman–Crippen MR) is 71.4 cm³/mol. The van der Waals surface area contributed by atoms with Crippen LogP contribution in [0, 0.1) is 0 Å². The monoisotopic (exact) mass is 305 g/mol. The van der Waals surface area contributed by atoms with Crippen molar-refractivity contribution in [3.8, 4) is 0 Å². The van der Waals surface area contributed by atoms with Gasteiger partial charge in [-0.05, 0) is 12.8 Å². The minimum Gasteiger partial charge on any atom is -0.465 e. The van der Waals surface area contributed by atoms with Crippen LogP contribution in [0.1, 0.15) is 12.8 Å². The van der Waals surface area contributed by atoms with Gasteiger partial charge in [0.1, 0.15) is 0 Å². The first kappa shape index (κ1) is 14.9. The number of hydrogen-bond donors (Lipinski definition) is 2. The van der Waals surface area contributed by atoms with Crippen LogP contribution in [0.15, 0.2) is 0 Å². The smallest absolute Gasteiger partial charge is 0.404 e. The molecule has 0 aromatic carbocycles. The van der Waals surface area contributed by atoms with Crippen molar-refractivity contribution < 1.29 is 23.1 Å². The standard InChI is InChI=1S/C11H19N3O5S/c1-20(18,19)9-5-8-6-13(11(17)14(8)7-9)4-2-3-12-10(15)16/h8-9,12H,2-7H2,1H3,(H,15,16)/t8-,9-/m0/s1. The van der Waals surface area contributed by atoms with Crippen LogP contribution >= 0.6 is 0 Å². The molecule has 9 heteroatoms. The van der Waals surface area contributed by atoms with Gasteiger partial charge >= 0.3 is 12.1 Å². The summed E-state index contributed by atoms with van der Waals surface area (Å²) < 4.78 is 23.0. The molecule has 0 aliphatic carbocycles. The highest BCUT2D eigenvalue weighted by Crippen LogP contribution is 2.29. The van der Waals surface area contributed by atoms with E-state index in [1.807, 2.05) is 0 Å². The van der Waals surface area contributed by atoms with Crippen LogP contribution < -0.4 is 5.32 Å². The second-order valence-corrected chi connectivity index (χ2v) is 7.63. The third kappa shape index (κ3) is 3.14. The van der Waals surface area contributed by atoms with Gasteiger partial charge in [-0.1, -0.05) is 0 Å². The second-order valence-electron chi connectivity index (χ2n) is 5.31. The van der Waals surface area contributed by atoms with Gasteiger partial charge in [0, 0.05) is 32.4 Å². The number of hydrogen-bond acceptors (Lipinski definition) is 4. The topological polar surface area (TPSA) is 107 Å². The number of urea groups is 1. The Kier molecular flexibility index (Phi) is 4.07. The molecule has 0 aromatic rings. The van der Waals surface area contributed by atoms with E-state index in [-0.39, 0.29) is 18.6 Å². The van der Waals surface area contributed by atoms with Crippen molar-refractivity contribution in [2.75, 3.05) is 32.4 Å². The quantitative estimate of drug-likeness (QED) is 0.670. The molecule has 20 heavy (non-hydrogen) atoms. The molecule has 2 atom stereocenters. The van der Waals surface area contributed by atoms with Gasteiger partial charge in [0.15, 0.2) is 9.84 Å². The summed E-state index contributed by atoms with van der Waals surface area (Å²) in [4.78, 5) is 25.7. The van der Waals surface area contributed by atoms with E-state index in [4.69, 9.17) is 5.11 Å². The fraction of sp³-hybridized carbons (Fsp3) is 0.818. The Hall–Kier alpha value is -1.51. The number of carboxylic acid groups (broad SMARTS) is 1. The normalized spacial score (nSPS) is 25.9. The van der Waals surface area contributed by atoms with Gasteiger partial charge in [-0.25, -0.2) is 18.0 Å². The molecule has 2 heterocycles. The van der Waals surface area contributed by atoms with Gasteiger partial charge < -0.3 is 20.2 Å². The van der Waals surface area contributed by atoms with E-state index in [1.54, 1.807) is 9.80 Å². The lowest BCUT2D eigenvalue weighted by atomic mass is 10.2. The number of carbonyl (C=O) groups excluding carboxylic acids is 1. The molecule has 0 unspecified atom stereocenters. The first-order valence-electron chi connectivity index (χ1n) is 6.50. The number of nitrogens with one attached hydrogen (secondary N) is 1. The molecular weight excluding hydrogens is 286 g/mol. The third-order valence-corrected chi connectivity index (χ3v) is 5.36. The molecule has 2 saturated heterocycles. The summed E-state index contributed by atoms with van der Waals surface area (Å²) in [5.74, 6) is 0. The molecule has 0 spiro atoms. The minimum absolute atomic E-state index is 0.0327. The molecule has 8 nitrogen and oxygen atoms in total. The maximum atomic E-state index is 12.1. The van der Waals surface area contributed by atoms with Crippen molar-refractivity contribution in [3.05, 3.63) is 0 Å². The molecule has 0 radical (unpaired) electrons. The van der Waals surface area contributed by atoms with Gasteiger partial charge in [0.2, 0.25) is 0 Å². The van der Waals surface area contributed by atoms with Gasteiger partial charge in [0.05, 0.1) is 11.3 Å². The van der Waals surface area contributed by atoms with Gasteiger partial charge in [-0.3, -0.25) is 0 Å². The van der Waals surface area contributed by atoms with Crippen LogP contribution in [-0.2, 0) is 9.84 Å². The van der Waals surface area contributed by atoms with E-state index in [0.717, 1.165) is 0 Å². The Balaban J connectivity index is 1.83. The van der Waals surface area contributed by atoms with Gasteiger partial charge in [0.25, 0.3) is 0 Å². The summed E-state index contributed by atoms with van der Waals surface area (Å²) in [6, 6.07) is -0.175. The summed E-state index contributed by atoms with van der Waals surface area (Å²) in [5.41, 5.74) is 0. The molecule has 2 rings (SSSR count). The lowest BCUT2D eigenvalue weighted by Crippen LogP contribution is -2.36. The zero-order chi connectivity index (χ0) is 14.9. The Morgan fingerprint density at radius 2 is 2.15 bits per heavy atom. The molecule has 0 aromatic heterocycles. The highest BCUT2D eigenvalue weighted by Gasteiger charge is 2.46. The van der Waals surface area contributed by atoms with E-state index in [2.05, 4.69) is 5.32 Å². The van der Waals surface area contributed by atoms with Crippen molar-refractivity contribution in [1.82, 2.24) is 15.1 Å². The Morgan fingerprint density at radius 3 is 2.70 bits per heavy atom. The number of amides is 3. The molecule has 2 fully saturated rings. The van der Waals surface area contributed by atoms with E-state index < -0.39 is 21.2 Å². The Morgan fingerprint density at radius 1 is 1.45 bits per heavy atom. The molecule has 114 valence electrons. The third-order valence-electron chi connectivity index (χ3n) is 3.81. The lowest BCUT2D eigenvalue weighted by molar-refractivity contribution is 0.190. The summed E-state index contributed by atoms with van der Waals surface area (Å²) in [7, 11) is -3.10. The first-order valence-corrected chi connectivity index (χ1v) is 8.45. The van der Waals surface area contributed by atoms with E-state index in [9.17, 15) is 18.0 Å². The van der Waals surface area contributed by atoms with Crippen LogP contribution in [0.2, 0.25) is 0 Å². The zero-order valence-electron chi connectivity index (χ0n) is 11.3. The number of carbonyl (C=O) groups is 2. The van der Waals surface area contributed by atoms with Crippen molar-refractivity contribution in [2.24, 2.45) is 0 Å². The molecular formula is C11H19N3O5S. The van der Waals surface area contributed by atoms with Crippen LogP contribution in [-0.4, -0.2) is 79.2 Å². The first-order chi connectivity index (χ1) is 9.29. The molecule has 3 amide bonds. The Labute approximate surface area is 117 Å². The number of sulfone groups is 1. The van der Waals surface area contributed by atoms with Gasteiger partial charge in [-0.2, -0.15) is 0 Å². The highest BCUT2D eigenvalue weighted by molar-refractivity contribution is 7.91. The molecule has 2 aliphatic rings. The van der Waals surface area contributed by atoms with Crippen molar-refractivity contribution in [1.29, 1.82) is 0 Å². The lowest BCUT2D eigenvalue weighted by Gasteiger charge is -2.18. The average Bonchev–Trinajstić information content (AvgIpc) is 2.85. The molecule has 2 aliphatic heterocycles. The molecule has 0 bridgehead atoms. The number of rotatable bonds is 5. The van der Waals surface area contributed by atoms with Crippen LogP contribution in [0.4, 0.5) is 9.59 Å². The zero-order valence-corrected chi connectivity index (χ0v) is 12.1. The summed E-state index contributed by atoms with van der Waals surface area (Å²) in [6.45, 7) is 1.58. The largest absolute Gasteiger partial charge is 0.465 e. The molecule has 0 saturated carbocycles.